The van der Waals surface area contributed by atoms with E-state index in [0.29, 0.717) is 11.4 Å². The summed E-state index contributed by atoms with van der Waals surface area (Å²) in [7, 11) is 0. The third kappa shape index (κ3) is 5.14. The second kappa shape index (κ2) is 7.09. The van der Waals surface area contributed by atoms with Gasteiger partial charge < -0.3 is 11.1 Å². The van der Waals surface area contributed by atoms with Gasteiger partial charge in [-0.2, -0.15) is 0 Å². The fraction of sp³-hybridized carbons (Fsp3) is 0.562. The maximum atomic E-state index is 12.1. The molecule has 0 aliphatic carbocycles. The topological polar surface area (TPSA) is 55.1 Å². The third-order valence-corrected chi connectivity index (χ3v) is 3.75. The molecule has 0 bridgehead atoms. The van der Waals surface area contributed by atoms with Gasteiger partial charge in [0.2, 0.25) is 5.91 Å². The first kappa shape index (κ1) is 17.0. The molecule has 1 rings (SSSR count). The van der Waals surface area contributed by atoms with Crippen LogP contribution in [0.4, 0.5) is 0 Å². The van der Waals surface area contributed by atoms with E-state index in [-0.39, 0.29) is 23.4 Å². The maximum Gasteiger partial charge on any atom is 0.222 e. The third-order valence-electron chi connectivity index (χ3n) is 3.51. The summed E-state index contributed by atoms with van der Waals surface area (Å²) >= 11 is 5.99. The predicted octanol–water partition coefficient (Wildman–Crippen LogP) is 3.67. The second-order valence-corrected chi connectivity index (χ2v) is 6.70. The molecule has 112 valence electrons. The molecule has 0 fully saturated rings. The highest BCUT2D eigenvalue weighted by molar-refractivity contribution is 6.30. The molecule has 1 aromatic rings. The van der Waals surface area contributed by atoms with E-state index >= 15 is 0 Å². The van der Waals surface area contributed by atoms with Gasteiger partial charge in [-0.05, 0) is 29.5 Å². The Hall–Kier alpha value is -1.06. The Labute approximate surface area is 126 Å². The molecule has 0 heterocycles. The van der Waals surface area contributed by atoms with Crippen molar-refractivity contribution < 1.29 is 4.79 Å². The number of rotatable bonds is 5. The van der Waals surface area contributed by atoms with Crippen LogP contribution in [0.1, 0.15) is 52.1 Å². The van der Waals surface area contributed by atoms with Gasteiger partial charge in [0.05, 0.1) is 6.04 Å². The van der Waals surface area contributed by atoms with Crippen LogP contribution >= 0.6 is 11.6 Å². The van der Waals surface area contributed by atoms with E-state index in [9.17, 15) is 4.79 Å². The first-order valence-electron chi connectivity index (χ1n) is 7.04. The molecular formula is C16H25ClN2O. The summed E-state index contributed by atoms with van der Waals surface area (Å²) in [4.78, 5) is 12.1. The Kier molecular flexibility index (Phi) is 6.03. The molecule has 2 unspecified atom stereocenters. The van der Waals surface area contributed by atoms with E-state index in [1.165, 1.54) is 0 Å². The highest BCUT2D eigenvalue weighted by Crippen LogP contribution is 2.22. The quantitative estimate of drug-likeness (QED) is 0.871. The van der Waals surface area contributed by atoms with Crippen LogP contribution in [0.5, 0.6) is 0 Å². The molecule has 2 atom stereocenters. The fourth-order valence-electron chi connectivity index (χ4n) is 1.90. The van der Waals surface area contributed by atoms with Crippen LogP contribution < -0.4 is 11.1 Å². The minimum Gasteiger partial charge on any atom is -0.349 e. The second-order valence-electron chi connectivity index (χ2n) is 6.26. The van der Waals surface area contributed by atoms with Crippen LogP contribution in [0.15, 0.2) is 24.3 Å². The predicted molar refractivity (Wildman–Crippen MR) is 84.7 cm³/mol. The zero-order valence-electron chi connectivity index (χ0n) is 12.7. The molecule has 4 heteroatoms. The van der Waals surface area contributed by atoms with Crippen molar-refractivity contribution in [2.75, 3.05) is 0 Å². The fourth-order valence-corrected chi connectivity index (χ4v) is 2.10. The summed E-state index contributed by atoms with van der Waals surface area (Å²) < 4.78 is 0. The van der Waals surface area contributed by atoms with Gasteiger partial charge in [-0.25, -0.2) is 0 Å². The molecule has 0 aromatic heterocycles. The molecule has 0 aliphatic rings. The maximum absolute atomic E-state index is 12.1. The minimum atomic E-state index is -0.153. The number of amides is 1. The molecule has 0 spiro atoms. The van der Waals surface area contributed by atoms with Crippen LogP contribution in [-0.2, 0) is 4.79 Å². The van der Waals surface area contributed by atoms with Crippen molar-refractivity contribution in [2.24, 2.45) is 11.1 Å². The lowest BCUT2D eigenvalue weighted by Crippen LogP contribution is -2.40. The van der Waals surface area contributed by atoms with E-state index < -0.39 is 0 Å². The van der Waals surface area contributed by atoms with Gasteiger partial charge in [0.25, 0.3) is 0 Å². The zero-order chi connectivity index (χ0) is 15.3. The smallest absolute Gasteiger partial charge is 0.222 e. The number of carbonyl (C=O) groups excluding carboxylic acids is 1. The molecule has 0 saturated heterocycles. The van der Waals surface area contributed by atoms with Gasteiger partial charge >= 0.3 is 0 Å². The number of hydrogen-bond donors (Lipinski definition) is 2. The van der Waals surface area contributed by atoms with Crippen molar-refractivity contribution in [3.05, 3.63) is 34.9 Å². The molecule has 0 aliphatic heterocycles. The average Bonchev–Trinajstić information content (AvgIpc) is 2.34. The molecule has 1 amide bonds. The summed E-state index contributed by atoms with van der Waals surface area (Å²) in [6.45, 7) is 8.16. The van der Waals surface area contributed by atoms with Crippen LogP contribution in [0.25, 0.3) is 0 Å². The Morgan fingerprint density at radius 2 is 2.05 bits per heavy atom. The van der Waals surface area contributed by atoms with Crippen molar-refractivity contribution in [2.45, 2.75) is 52.6 Å². The van der Waals surface area contributed by atoms with Crippen molar-refractivity contribution in [1.29, 1.82) is 0 Å². The standard InChI is InChI=1S/C16H25ClN2O/c1-5-13(11-7-6-8-12(17)9-11)19-15(20)10-14(18)16(2,3)4/h6-9,13-14H,5,10,18H2,1-4H3,(H,19,20). The highest BCUT2D eigenvalue weighted by Gasteiger charge is 2.24. The Morgan fingerprint density at radius 3 is 2.55 bits per heavy atom. The SMILES string of the molecule is CCC(NC(=O)CC(N)C(C)(C)C)c1cccc(Cl)c1. The lowest BCUT2D eigenvalue weighted by Gasteiger charge is -2.27. The van der Waals surface area contributed by atoms with Crippen LogP contribution in [0.3, 0.4) is 0 Å². The van der Waals surface area contributed by atoms with Gasteiger partial charge in [-0.1, -0.05) is 51.4 Å². The van der Waals surface area contributed by atoms with Crippen LogP contribution in [0, 0.1) is 5.41 Å². The number of nitrogens with two attached hydrogens (primary N) is 1. The summed E-state index contributed by atoms with van der Waals surface area (Å²) in [5.41, 5.74) is 7.00. The van der Waals surface area contributed by atoms with Gasteiger partial charge in [-0.15, -0.1) is 0 Å². The summed E-state index contributed by atoms with van der Waals surface area (Å²) in [5.74, 6) is -0.0146. The van der Waals surface area contributed by atoms with E-state index in [1.54, 1.807) is 0 Å². The number of carbonyl (C=O) groups is 1. The molecule has 3 nitrogen and oxygen atoms in total. The zero-order valence-corrected chi connectivity index (χ0v) is 13.5. The molecule has 0 radical (unpaired) electrons. The van der Waals surface area contributed by atoms with E-state index in [0.717, 1.165) is 12.0 Å². The minimum absolute atomic E-state index is 0.0146. The van der Waals surface area contributed by atoms with Crippen molar-refractivity contribution >= 4 is 17.5 Å². The van der Waals surface area contributed by atoms with E-state index in [4.69, 9.17) is 17.3 Å². The number of nitrogens with one attached hydrogen (secondary N) is 1. The molecular weight excluding hydrogens is 272 g/mol. The van der Waals surface area contributed by atoms with E-state index in [2.05, 4.69) is 5.32 Å². The van der Waals surface area contributed by atoms with Gasteiger partial charge in [-0.3, -0.25) is 4.79 Å². The van der Waals surface area contributed by atoms with Crippen LogP contribution in [-0.4, -0.2) is 11.9 Å². The molecule has 3 N–H and O–H groups in total. The van der Waals surface area contributed by atoms with Crippen molar-refractivity contribution in [1.82, 2.24) is 5.32 Å². The number of benzene rings is 1. The summed E-state index contributed by atoms with van der Waals surface area (Å²) in [6.07, 6.45) is 1.15. The molecule has 0 saturated carbocycles. The summed E-state index contributed by atoms with van der Waals surface area (Å²) in [5, 5.41) is 3.72. The largest absolute Gasteiger partial charge is 0.349 e. The number of hydrogen-bond acceptors (Lipinski definition) is 2. The van der Waals surface area contributed by atoms with Crippen molar-refractivity contribution in [3.8, 4) is 0 Å². The van der Waals surface area contributed by atoms with Crippen LogP contribution in [0.2, 0.25) is 5.02 Å². The van der Waals surface area contributed by atoms with Gasteiger partial charge in [0.1, 0.15) is 0 Å². The van der Waals surface area contributed by atoms with E-state index in [1.807, 2.05) is 52.0 Å². The normalized spacial score (nSPS) is 14.7. The average molecular weight is 297 g/mol. The molecule has 20 heavy (non-hydrogen) atoms. The molecule has 1 aromatic carbocycles. The first-order valence-corrected chi connectivity index (χ1v) is 7.42. The highest BCUT2D eigenvalue weighted by atomic mass is 35.5. The first-order chi connectivity index (χ1) is 9.24. The van der Waals surface area contributed by atoms with Gasteiger partial charge in [0.15, 0.2) is 0 Å². The number of halogens is 1. The Bertz CT molecular complexity index is 454. The summed E-state index contributed by atoms with van der Waals surface area (Å²) in [6, 6.07) is 7.42. The van der Waals surface area contributed by atoms with Crippen molar-refractivity contribution in [3.63, 3.8) is 0 Å². The lowest BCUT2D eigenvalue weighted by molar-refractivity contribution is -0.122. The van der Waals surface area contributed by atoms with Gasteiger partial charge in [0, 0.05) is 17.5 Å². The Morgan fingerprint density at radius 1 is 1.40 bits per heavy atom. The monoisotopic (exact) mass is 296 g/mol. The lowest BCUT2D eigenvalue weighted by atomic mass is 9.85. The Balaban J connectivity index is 2.67.